The molecule has 0 aromatic carbocycles. The molecule has 0 aliphatic carbocycles. The van der Waals surface area contributed by atoms with E-state index in [1.807, 2.05) is 0 Å². The molecule has 10 aliphatic rings. The Kier molecular flexibility index (Phi) is 0.187. The summed E-state index contributed by atoms with van der Waals surface area (Å²) < 4.78 is 11.0. The summed E-state index contributed by atoms with van der Waals surface area (Å²) in [4.78, 5) is 24.2. The summed E-state index contributed by atoms with van der Waals surface area (Å²) in [6, 6.07) is 0. The SMILES string of the molecule is CC(=O)CC(=O)[C]12[CH]3[CH]4[CH]5[CH]1[Ru]45321678[CH]2[CH]1[CH]6[CH]7[CH]28. The van der Waals surface area contributed by atoms with Crippen LogP contribution in [0.4, 0.5) is 0 Å². The molecule has 17 heavy (non-hydrogen) atoms. The Labute approximate surface area is 86.8 Å². The van der Waals surface area contributed by atoms with Gasteiger partial charge in [0.2, 0.25) is 0 Å². The number of hydrogen-bond acceptors (Lipinski definition) is 2. The van der Waals surface area contributed by atoms with Crippen molar-refractivity contribution < 1.29 is 17.3 Å². The Bertz CT molecular complexity index is 955. The van der Waals surface area contributed by atoms with Crippen molar-refractivity contribution in [2.45, 2.75) is 58.0 Å². The zero-order chi connectivity index (χ0) is 10.9. The first kappa shape index (κ1) is 6.41. The number of carbonyl (C=O) groups excluding carboxylic acids is 2. The van der Waals surface area contributed by atoms with Crippen LogP contribution in [0.5, 0.6) is 0 Å². The van der Waals surface area contributed by atoms with Crippen LogP contribution in [0.15, 0.2) is 0 Å². The van der Waals surface area contributed by atoms with E-state index in [4.69, 9.17) is 0 Å². The summed E-state index contributed by atoms with van der Waals surface area (Å²) >= 11 is 0. The van der Waals surface area contributed by atoms with Crippen molar-refractivity contribution in [2.24, 2.45) is 0 Å². The van der Waals surface area contributed by atoms with Gasteiger partial charge in [-0.15, -0.1) is 0 Å². The van der Waals surface area contributed by atoms with Gasteiger partial charge in [0.25, 0.3) is 0 Å². The molecule has 3 heteroatoms. The van der Waals surface area contributed by atoms with Gasteiger partial charge in [-0.1, -0.05) is 0 Å². The molecule has 90 valence electrons. The molecule has 0 saturated carbocycles. The number of fused-ring (bicyclic) bond motifs is 10. The van der Waals surface area contributed by atoms with E-state index in [2.05, 4.69) is 0 Å². The van der Waals surface area contributed by atoms with E-state index in [1.165, 1.54) is 31.6 Å². The number of Topliss-reactive ketones (excluding diaryl/α,β-unsaturated/α-hetero) is 2. The van der Waals surface area contributed by atoms with Gasteiger partial charge < -0.3 is 0 Å². The summed E-state index contributed by atoms with van der Waals surface area (Å²) in [5, 5.41) is 0. The van der Waals surface area contributed by atoms with E-state index in [-0.39, 0.29) is 5.78 Å². The standard InChI is InChI=1S/C9H9O2.C5H5.Ru/c1-7(10)6-9(11)8-4-2-3-5-8;1-2-4-5-3-1;/h2-5H,6H2,1H3;1-5H;. The van der Waals surface area contributed by atoms with Crippen LogP contribution in [-0.2, 0) is 17.3 Å². The third-order valence-corrected chi connectivity index (χ3v) is 82.2. The van der Waals surface area contributed by atoms with E-state index < -0.39 is 7.72 Å². The van der Waals surface area contributed by atoms with Gasteiger partial charge in [0.05, 0.1) is 0 Å². The van der Waals surface area contributed by atoms with Gasteiger partial charge in [0, 0.05) is 0 Å². The third-order valence-electron chi connectivity index (χ3n) is 15.5. The van der Waals surface area contributed by atoms with E-state index in [9.17, 15) is 9.59 Å². The summed E-state index contributed by atoms with van der Waals surface area (Å²) in [6.07, 6.45) is 0.314. The third kappa shape index (κ3) is 0.0626. The fraction of sp³-hybridized carbons (Fsp3) is 0.857. The maximum atomic E-state index is 12.8. The summed E-state index contributed by atoms with van der Waals surface area (Å²) in [7, 11) is -3.47. The molecule has 10 saturated heterocycles. The van der Waals surface area contributed by atoms with E-state index in [1.54, 1.807) is 6.92 Å². The zero-order valence-electron chi connectivity index (χ0n) is 9.57. The molecule has 10 heterocycles. The molecule has 0 bridgehead atoms. The number of carbonyl (C=O) groups is 2. The molecular weight excluding hydrogens is 301 g/mol. The van der Waals surface area contributed by atoms with Crippen molar-refractivity contribution in [1.29, 1.82) is 0 Å². The van der Waals surface area contributed by atoms with Gasteiger partial charge in [-0.2, -0.15) is 0 Å². The minimum absolute atomic E-state index is 0.133. The second-order valence-corrected chi connectivity index (χ2v) is 48.1. The zero-order valence-corrected chi connectivity index (χ0v) is 11.3. The van der Waals surface area contributed by atoms with Gasteiger partial charge in [0.1, 0.15) is 0 Å². The van der Waals surface area contributed by atoms with Crippen molar-refractivity contribution in [3.05, 3.63) is 0 Å². The van der Waals surface area contributed by atoms with E-state index in [0.717, 1.165) is 9.02 Å². The summed E-state index contributed by atoms with van der Waals surface area (Å²) in [5.74, 6) is 0.638. The minimum atomic E-state index is -3.47. The van der Waals surface area contributed by atoms with Crippen LogP contribution in [-0.4, -0.2) is 11.6 Å². The van der Waals surface area contributed by atoms with Gasteiger partial charge in [-0.05, 0) is 0 Å². The molecule has 10 fully saturated rings. The topological polar surface area (TPSA) is 34.1 Å². The normalized spacial score (nSPS) is 119. The van der Waals surface area contributed by atoms with Crippen LogP contribution in [0.25, 0.3) is 0 Å². The Morgan fingerprint density at radius 3 is 1.65 bits per heavy atom. The summed E-state index contributed by atoms with van der Waals surface area (Å²) in [5.41, 5.74) is 0. The Morgan fingerprint density at radius 1 is 0.941 bits per heavy atom. The fourth-order valence-corrected chi connectivity index (χ4v) is 150. The Morgan fingerprint density at radius 2 is 1.41 bits per heavy atom. The Balaban J connectivity index is 1.54. The van der Waals surface area contributed by atoms with E-state index >= 15 is 0 Å². The molecule has 0 amide bonds. The second-order valence-electron chi connectivity index (χ2n) is 11.0. The molecule has 4 unspecified atom stereocenters. The van der Waals surface area contributed by atoms with Gasteiger partial charge in [-0.25, -0.2) is 0 Å². The van der Waals surface area contributed by atoms with Crippen molar-refractivity contribution in [3.8, 4) is 0 Å². The molecule has 10 aliphatic heterocycles. The first-order valence-corrected chi connectivity index (χ1v) is 17.0. The average molecular weight is 315 g/mol. The van der Waals surface area contributed by atoms with Crippen LogP contribution in [0.3, 0.4) is 0 Å². The molecule has 2 nitrogen and oxygen atoms in total. The molecule has 0 radical (unpaired) electrons. The Hall–Kier alpha value is -0.0366. The monoisotopic (exact) mass is 316 g/mol. The van der Waals surface area contributed by atoms with Crippen molar-refractivity contribution in [3.63, 3.8) is 0 Å². The van der Waals surface area contributed by atoms with Crippen molar-refractivity contribution >= 4 is 11.6 Å². The van der Waals surface area contributed by atoms with E-state index in [0.29, 0.717) is 16.2 Å². The van der Waals surface area contributed by atoms with Crippen molar-refractivity contribution in [2.75, 3.05) is 0 Å². The molecular formula is C14H14O2Ru. The summed E-state index contributed by atoms with van der Waals surface area (Å²) in [6.45, 7) is 1.62. The van der Waals surface area contributed by atoms with Gasteiger partial charge >= 0.3 is 86.8 Å². The van der Waals surface area contributed by atoms with Crippen LogP contribution in [0, 0.1) is 0 Å². The van der Waals surface area contributed by atoms with Crippen LogP contribution in [0.2, 0.25) is 44.6 Å². The van der Waals surface area contributed by atoms with Gasteiger partial charge in [0.15, 0.2) is 0 Å². The first-order chi connectivity index (χ1) is 7.88. The van der Waals surface area contributed by atoms with Crippen LogP contribution >= 0.6 is 0 Å². The molecule has 1 spiro atoms. The fourth-order valence-electron chi connectivity index (χ4n) is 17.3. The number of hydrogen-bond donors (Lipinski definition) is 0. The molecule has 10 rings (SSSR count). The maximum absolute atomic E-state index is 12.8. The first-order valence-electron chi connectivity index (χ1n) is 7.12. The predicted molar refractivity (Wildman–Crippen MR) is 56.7 cm³/mol. The van der Waals surface area contributed by atoms with Gasteiger partial charge in [-0.3, -0.25) is 0 Å². The average Bonchev–Trinajstić information content (AvgIpc) is 3.22. The van der Waals surface area contributed by atoms with Crippen LogP contribution in [0.1, 0.15) is 13.3 Å². The quantitative estimate of drug-likeness (QED) is 0.591. The molecule has 0 N–H and O–H groups in total. The van der Waals surface area contributed by atoms with Crippen LogP contribution < -0.4 is 0 Å². The number of rotatable bonds is 3. The van der Waals surface area contributed by atoms with Crippen molar-refractivity contribution in [1.82, 2.24) is 0 Å². The second kappa shape index (κ2) is 0.495. The predicted octanol–water partition coefficient (Wildman–Crippen LogP) is 3.29. The molecule has 0 aromatic heterocycles. The number of ketones is 2. The molecule has 4 atom stereocenters. The molecule has 0 aromatic rings.